The van der Waals surface area contributed by atoms with E-state index in [9.17, 15) is 0 Å². The first-order valence-corrected chi connectivity index (χ1v) is 20.6. The topological polar surface area (TPSA) is 16.4 Å². The summed E-state index contributed by atoms with van der Waals surface area (Å²) in [5, 5.41) is 2.23. The zero-order valence-electron chi connectivity index (χ0n) is 34.3. The first-order valence-electron chi connectivity index (χ1n) is 20.6. The summed E-state index contributed by atoms with van der Waals surface area (Å²) in [6.07, 6.45) is 1.25. The van der Waals surface area contributed by atoms with Crippen LogP contribution in [0, 0.1) is 13.8 Å². The molecule has 1 aromatic heterocycles. The Morgan fingerprint density at radius 3 is 1.81 bits per heavy atom. The Labute approximate surface area is 343 Å². The van der Waals surface area contributed by atoms with Gasteiger partial charge in [-0.1, -0.05) is 162 Å². The summed E-state index contributed by atoms with van der Waals surface area (Å²) in [5.41, 5.74) is 19.9. The zero-order chi connectivity index (χ0) is 40.0. The number of furan rings is 1. The molecule has 0 saturated carbocycles. The van der Waals surface area contributed by atoms with E-state index in [0.717, 1.165) is 50.1 Å². The summed E-state index contributed by atoms with van der Waals surface area (Å²) in [5.74, 6) is 0. The highest BCUT2D eigenvalue weighted by molar-refractivity contribution is 6.09. The van der Waals surface area contributed by atoms with E-state index < -0.39 is 0 Å². The smallest absolute Gasteiger partial charge is 0.137 e. The van der Waals surface area contributed by atoms with Crippen molar-refractivity contribution in [2.75, 3.05) is 4.90 Å². The lowest BCUT2D eigenvalue weighted by Gasteiger charge is -2.30. The number of aryl methyl sites for hydroxylation is 2. The van der Waals surface area contributed by atoms with Crippen molar-refractivity contribution in [2.45, 2.75) is 53.4 Å². The van der Waals surface area contributed by atoms with E-state index in [1.165, 1.54) is 62.1 Å². The Kier molecular flexibility index (Phi) is 9.58. The standard InChI is InChI=1S/C53H41NO.C3H8/c1-34-14-8-9-17-41(34)45-30-38(23-22-35(45)2)46-32-47-44-19-11-13-21-51(44)55-52(47)33-50(46)54(39-26-24-37(25-27-39)36-15-6-5-7-16-36)40-28-29-43-42-18-10-12-20-48(42)53(3,4)49(43)31-40;1-3-2/h5-33H,1-4H3;3H2,1-2H3. The summed E-state index contributed by atoms with van der Waals surface area (Å²) in [7, 11) is 0. The summed E-state index contributed by atoms with van der Waals surface area (Å²) in [4.78, 5) is 2.43. The molecule has 9 aromatic rings. The van der Waals surface area contributed by atoms with Crippen LogP contribution >= 0.6 is 0 Å². The molecule has 0 bridgehead atoms. The lowest BCUT2D eigenvalue weighted by Crippen LogP contribution is -2.17. The molecule has 0 saturated heterocycles. The second-order valence-electron chi connectivity index (χ2n) is 16.2. The Hall–Kier alpha value is -6.64. The van der Waals surface area contributed by atoms with Gasteiger partial charge in [-0.2, -0.15) is 0 Å². The second kappa shape index (κ2) is 15.0. The fraction of sp³-hybridized carbons (Fsp3) is 0.143. The predicted molar refractivity (Wildman–Crippen MR) is 248 cm³/mol. The van der Waals surface area contributed by atoms with Gasteiger partial charge in [0.25, 0.3) is 0 Å². The summed E-state index contributed by atoms with van der Waals surface area (Å²) in [6, 6.07) is 64.1. The van der Waals surface area contributed by atoms with Crippen molar-refractivity contribution in [2.24, 2.45) is 0 Å². The third-order valence-electron chi connectivity index (χ3n) is 11.8. The molecule has 0 amide bonds. The molecule has 2 heteroatoms. The van der Waals surface area contributed by atoms with Gasteiger partial charge in [-0.25, -0.2) is 0 Å². The first kappa shape index (κ1) is 37.0. The average Bonchev–Trinajstić information content (AvgIpc) is 3.73. The van der Waals surface area contributed by atoms with Gasteiger partial charge in [-0.3, -0.25) is 0 Å². The number of hydrogen-bond donors (Lipinski definition) is 0. The Bertz CT molecular complexity index is 2930. The predicted octanol–water partition coefficient (Wildman–Crippen LogP) is 16.4. The van der Waals surface area contributed by atoms with E-state index in [1.54, 1.807) is 0 Å². The zero-order valence-corrected chi connectivity index (χ0v) is 34.3. The van der Waals surface area contributed by atoms with Crippen molar-refractivity contribution in [1.29, 1.82) is 0 Å². The molecular weight excluding hydrogens is 703 g/mol. The van der Waals surface area contributed by atoms with Crippen LogP contribution in [0.1, 0.15) is 56.4 Å². The van der Waals surface area contributed by atoms with Crippen LogP contribution in [0.15, 0.2) is 180 Å². The molecule has 0 spiro atoms. The number of benzene rings is 8. The lowest BCUT2D eigenvalue weighted by molar-refractivity contribution is 0.660. The monoisotopic (exact) mass is 751 g/mol. The van der Waals surface area contributed by atoms with E-state index in [1.807, 2.05) is 6.07 Å². The van der Waals surface area contributed by atoms with Gasteiger partial charge >= 0.3 is 0 Å². The number of nitrogens with zero attached hydrogens (tertiary/aromatic N) is 1. The van der Waals surface area contributed by atoms with Crippen LogP contribution in [-0.4, -0.2) is 0 Å². The second-order valence-corrected chi connectivity index (χ2v) is 16.2. The molecule has 284 valence electrons. The van der Waals surface area contributed by atoms with Gasteiger partial charge in [0, 0.05) is 39.2 Å². The molecule has 2 nitrogen and oxygen atoms in total. The molecule has 0 atom stereocenters. The van der Waals surface area contributed by atoms with E-state index in [-0.39, 0.29) is 5.41 Å². The molecule has 58 heavy (non-hydrogen) atoms. The van der Waals surface area contributed by atoms with E-state index >= 15 is 0 Å². The average molecular weight is 752 g/mol. The van der Waals surface area contributed by atoms with Crippen LogP contribution in [0.25, 0.3) is 66.4 Å². The van der Waals surface area contributed by atoms with Gasteiger partial charge in [0.2, 0.25) is 0 Å². The normalized spacial score (nSPS) is 12.5. The largest absolute Gasteiger partial charge is 0.456 e. The van der Waals surface area contributed by atoms with Crippen molar-refractivity contribution in [1.82, 2.24) is 0 Å². The number of rotatable bonds is 6. The Balaban J connectivity index is 0.00000141. The van der Waals surface area contributed by atoms with E-state index in [2.05, 4.69) is 216 Å². The van der Waals surface area contributed by atoms with E-state index in [0.29, 0.717) is 0 Å². The quantitative estimate of drug-likeness (QED) is 0.168. The van der Waals surface area contributed by atoms with Gasteiger partial charge in [-0.15, -0.1) is 0 Å². The van der Waals surface area contributed by atoms with Gasteiger partial charge in [0.05, 0.1) is 5.69 Å². The minimum Gasteiger partial charge on any atom is -0.456 e. The molecule has 10 rings (SSSR count). The minimum atomic E-state index is -0.143. The Morgan fingerprint density at radius 1 is 0.431 bits per heavy atom. The van der Waals surface area contributed by atoms with Crippen LogP contribution in [-0.2, 0) is 5.41 Å². The molecule has 0 radical (unpaired) electrons. The maximum absolute atomic E-state index is 6.63. The van der Waals surface area contributed by atoms with Crippen LogP contribution in [0.5, 0.6) is 0 Å². The molecule has 0 fully saturated rings. The van der Waals surface area contributed by atoms with Crippen molar-refractivity contribution in [3.8, 4) is 44.5 Å². The fourth-order valence-electron chi connectivity index (χ4n) is 8.82. The minimum absolute atomic E-state index is 0.143. The van der Waals surface area contributed by atoms with Gasteiger partial charge in [-0.05, 0) is 118 Å². The molecule has 0 unspecified atom stereocenters. The van der Waals surface area contributed by atoms with Crippen molar-refractivity contribution < 1.29 is 4.42 Å². The number of fused-ring (bicyclic) bond motifs is 6. The lowest BCUT2D eigenvalue weighted by atomic mass is 9.82. The fourth-order valence-corrected chi connectivity index (χ4v) is 8.82. The summed E-state index contributed by atoms with van der Waals surface area (Å²) < 4.78 is 6.63. The molecule has 0 N–H and O–H groups in total. The summed E-state index contributed by atoms with van der Waals surface area (Å²) >= 11 is 0. The van der Waals surface area contributed by atoms with Gasteiger partial charge < -0.3 is 9.32 Å². The van der Waals surface area contributed by atoms with Gasteiger partial charge in [0.15, 0.2) is 0 Å². The number of hydrogen-bond acceptors (Lipinski definition) is 2. The van der Waals surface area contributed by atoms with Crippen molar-refractivity contribution >= 4 is 39.0 Å². The van der Waals surface area contributed by atoms with E-state index in [4.69, 9.17) is 4.42 Å². The number of para-hydroxylation sites is 1. The third kappa shape index (κ3) is 6.39. The summed E-state index contributed by atoms with van der Waals surface area (Å²) in [6.45, 7) is 13.4. The highest BCUT2D eigenvalue weighted by Crippen LogP contribution is 2.52. The van der Waals surface area contributed by atoms with Crippen molar-refractivity contribution in [3.63, 3.8) is 0 Å². The van der Waals surface area contributed by atoms with Crippen LogP contribution < -0.4 is 4.90 Å². The number of anilines is 3. The highest BCUT2D eigenvalue weighted by Gasteiger charge is 2.36. The molecule has 0 aliphatic heterocycles. The van der Waals surface area contributed by atoms with Crippen LogP contribution in [0.4, 0.5) is 17.1 Å². The highest BCUT2D eigenvalue weighted by atomic mass is 16.3. The maximum Gasteiger partial charge on any atom is 0.137 e. The molecular formula is C56H49NO. The Morgan fingerprint density at radius 2 is 1.03 bits per heavy atom. The molecule has 1 aliphatic carbocycles. The van der Waals surface area contributed by atoms with Crippen LogP contribution in [0.3, 0.4) is 0 Å². The van der Waals surface area contributed by atoms with Gasteiger partial charge in [0.1, 0.15) is 11.2 Å². The molecule has 8 aromatic carbocycles. The first-order chi connectivity index (χ1) is 28.3. The van der Waals surface area contributed by atoms with Crippen LogP contribution in [0.2, 0.25) is 0 Å². The SMILES string of the molecule is CCC.Cc1ccccc1-c1cc(-c2cc3c(cc2N(c2ccc(-c4ccccc4)cc2)c2ccc4c(c2)C(C)(C)c2ccccc2-4)oc2ccccc23)ccc1C. The molecule has 1 aliphatic rings. The maximum atomic E-state index is 6.63. The molecule has 1 heterocycles. The van der Waals surface area contributed by atoms with Crippen molar-refractivity contribution in [3.05, 3.63) is 198 Å². The third-order valence-corrected chi connectivity index (χ3v) is 11.8.